The van der Waals surface area contributed by atoms with E-state index in [2.05, 4.69) is 39.6 Å². The van der Waals surface area contributed by atoms with Gasteiger partial charge in [-0.2, -0.15) is 0 Å². The minimum atomic E-state index is -2.38. The van der Waals surface area contributed by atoms with Crippen molar-refractivity contribution in [2.75, 3.05) is 11.9 Å². The van der Waals surface area contributed by atoms with Crippen molar-refractivity contribution in [1.29, 1.82) is 0 Å². The summed E-state index contributed by atoms with van der Waals surface area (Å²) in [5, 5.41) is 15.6. The number of rotatable bonds is 9. The molecule has 2 aromatic heterocycles. The number of fused-ring (bicyclic) bond motifs is 1. The Bertz CT molecular complexity index is 1680. The van der Waals surface area contributed by atoms with Crippen LogP contribution in [0.25, 0.3) is 11.2 Å². The first-order chi connectivity index (χ1) is 21.2. The molecule has 1 fully saturated rings. The van der Waals surface area contributed by atoms with Crippen LogP contribution in [-0.4, -0.2) is 63.7 Å². The predicted octanol–water partition coefficient (Wildman–Crippen LogP) is 3.21. The Balaban J connectivity index is 1.47. The number of imidazole rings is 1. The SMILES string of the molecule is CC(C)(C)OOC[C@H]1O[C@](n2cnc3c(NC(=O)c4ccccc4)ncnc32)([SiH](c2ccccc2)c2ccccc2)C[C@@H]1O. The van der Waals surface area contributed by atoms with E-state index in [9.17, 15) is 9.90 Å². The Hall–Kier alpha value is -4.26. The molecule has 0 aliphatic carbocycles. The zero-order valence-electron chi connectivity index (χ0n) is 24.8. The van der Waals surface area contributed by atoms with Crippen molar-refractivity contribution in [3.05, 3.63) is 109 Å². The molecule has 1 saturated heterocycles. The smallest absolute Gasteiger partial charge is 0.256 e. The second kappa shape index (κ2) is 12.4. The number of nitrogens with one attached hydrogen (secondary N) is 1. The number of hydrogen-bond acceptors (Lipinski definition) is 8. The number of carbonyl (C=O) groups is 1. The fourth-order valence-corrected chi connectivity index (χ4v) is 9.60. The molecule has 1 aliphatic rings. The van der Waals surface area contributed by atoms with E-state index in [1.54, 1.807) is 30.6 Å². The van der Waals surface area contributed by atoms with Gasteiger partial charge < -0.3 is 15.2 Å². The van der Waals surface area contributed by atoms with Crippen molar-refractivity contribution in [2.45, 2.75) is 50.3 Å². The third kappa shape index (κ3) is 6.05. The average Bonchev–Trinajstić information content (AvgIpc) is 3.61. The number of nitrogens with zero attached hydrogens (tertiary/aromatic N) is 4. The van der Waals surface area contributed by atoms with Gasteiger partial charge in [-0.15, -0.1) is 0 Å². The molecule has 10 nitrogen and oxygen atoms in total. The molecular weight excluding hydrogens is 574 g/mol. The number of amides is 1. The van der Waals surface area contributed by atoms with Gasteiger partial charge in [0.15, 0.2) is 25.8 Å². The molecule has 0 radical (unpaired) electrons. The highest BCUT2D eigenvalue weighted by Gasteiger charge is 2.55. The summed E-state index contributed by atoms with van der Waals surface area (Å²) in [7, 11) is -2.38. The van der Waals surface area contributed by atoms with Crippen LogP contribution in [0.4, 0.5) is 5.82 Å². The van der Waals surface area contributed by atoms with Gasteiger partial charge in [0.05, 0.1) is 18.0 Å². The van der Waals surface area contributed by atoms with Crippen LogP contribution in [-0.2, 0) is 19.9 Å². The Morgan fingerprint density at radius 1 is 0.977 bits per heavy atom. The third-order valence-corrected chi connectivity index (χ3v) is 11.2. The molecule has 0 saturated carbocycles. The van der Waals surface area contributed by atoms with Gasteiger partial charge in [0.1, 0.15) is 24.4 Å². The lowest BCUT2D eigenvalue weighted by atomic mass is 10.2. The molecule has 11 heteroatoms. The molecule has 6 rings (SSSR count). The van der Waals surface area contributed by atoms with E-state index in [1.807, 2.05) is 67.8 Å². The first-order valence-corrected chi connectivity index (χ1v) is 16.3. The number of hydrogen-bond donors (Lipinski definition) is 2. The van der Waals surface area contributed by atoms with Crippen molar-refractivity contribution in [3.8, 4) is 0 Å². The molecule has 5 aromatic rings. The van der Waals surface area contributed by atoms with Crippen molar-refractivity contribution in [2.24, 2.45) is 0 Å². The van der Waals surface area contributed by atoms with Crippen LogP contribution in [0.1, 0.15) is 37.6 Å². The van der Waals surface area contributed by atoms with E-state index in [0.29, 0.717) is 16.7 Å². The Labute approximate surface area is 257 Å². The molecule has 1 amide bonds. The molecule has 3 aromatic carbocycles. The van der Waals surface area contributed by atoms with Crippen LogP contribution in [0.3, 0.4) is 0 Å². The van der Waals surface area contributed by atoms with Gasteiger partial charge in [-0.3, -0.25) is 9.36 Å². The van der Waals surface area contributed by atoms with Gasteiger partial charge in [0.25, 0.3) is 5.91 Å². The summed E-state index contributed by atoms with van der Waals surface area (Å²) in [5.41, 5.74) is 0.869. The molecule has 0 unspecified atom stereocenters. The maximum Gasteiger partial charge on any atom is 0.256 e. The normalized spacial score (nSPS) is 20.3. The summed E-state index contributed by atoms with van der Waals surface area (Å²) in [6.07, 6.45) is 1.79. The van der Waals surface area contributed by atoms with Crippen molar-refractivity contribution in [3.63, 3.8) is 0 Å². The highest BCUT2D eigenvalue weighted by Crippen LogP contribution is 2.40. The first-order valence-electron chi connectivity index (χ1n) is 14.6. The van der Waals surface area contributed by atoms with Crippen LogP contribution < -0.4 is 15.7 Å². The van der Waals surface area contributed by atoms with Gasteiger partial charge >= 0.3 is 0 Å². The van der Waals surface area contributed by atoms with Crippen molar-refractivity contribution in [1.82, 2.24) is 19.5 Å². The number of benzene rings is 3. The topological polar surface area (TPSA) is 121 Å². The lowest BCUT2D eigenvalue weighted by Crippen LogP contribution is -2.61. The quantitative estimate of drug-likeness (QED) is 0.149. The number of aromatic nitrogens is 4. The molecule has 1 aliphatic heterocycles. The summed E-state index contributed by atoms with van der Waals surface area (Å²) in [6, 6.07) is 29.4. The molecule has 3 heterocycles. The van der Waals surface area contributed by atoms with Crippen LogP contribution >= 0.6 is 0 Å². The van der Waals surface area contributed by atoms with E-state index < -0.39 is 32.0 Å². The van der Waals surface area contributed by atoms with E-state index in [0.717, 1.165) is 10.4 Å². The Kier molecular flexibility index (Phi) is 8.39. The van der Waals surface area contributed by atoms with Crippen molar-refractivity contribution >= 4 is 42.1 Å². The molecule has 0 bridgehead atoms. The standard InChI is InChI=1S/C33H35N5O5Si/c1-32(2,3)43-41-20-27-26(39)19-33(42-27,44(24-15-9-5-10-16-24)25-17-11-6-12-18-25)38-22-36-28-29(34-21-35-30(28)38)37-31(40)23-13-7-4-8-14-23/h4-18,21-22,26-27,39,44H,19-20H2,1-3H3,(H,34,35,37,40)/t26-,27+,33-/m0/s1. The molecule has 226 valence electrons. The number of aliphatic hydroxyl groups excluding tert-OH is 1. The molecule has 2 N–H and O–H groups in total. The third-order valence-electron chi connectivity index (χ3n) is 7.55. The number of anilines is 1. The van der Waals surface area contributed by atoms with Gasteiger partial charge in [0, 0.05) is 12.0 Å². The van der Waals surface area contributed by atoms with Gasteiger partial charge in [-0.05, 0) is 32.9 Å². The van der Waals surface area contributed by atoms with Crippen LogP contribution in [0.5, 0.6) is 0 Å². The van der Waals surface area contributed by atoms with Crippen LogP contribution in [0, 0.1) is 0 Å². The van der Waals surface area contributed by atoms with Crippen LogP contribution in [0.15, 0.2) is 104 Å². The second-order valence-electron chi connectivity index (χ2n) is 11.8. The van der Waals surface area contributed by atoms with E-state index >= 15 is 0 Å². The largest absolute Gasteiger partial charge is 0.390 e. The zero-order chi connectivity index (χ0) is 30.7. The summed E-state index contributed by atoms with van der Waals surface area (Å²) in [5.74, 6) is -0.0216. The van der Waals surface area contributed by atoms with Gasteiger partial charge in [-0.25, -0.2) is 24.7 Å². The number of carbonyl (C=O) groups excluding carboxylic acids is 1. The van der Waals surface area contributed by atoms with E-state index in [4.69, 9.17) is 19.5 Å². The minimum Gasteiger partial charge on any atom is -0.390 e. The monoisotopic (exact) mass is 609 g/mol. The minimum absolute atomic E-state index is 0.0326. The van der Waals surface area contributed by atoms with E-state index in [1.165, 1.54) is 6.33 Å². The molecular formula is C33H35N5O5Si. The Morgan fingerprint density at radius 3 is 2.20 bits per heavy atom. The lowest BCUT2D eigenvalue weighted by Gasteiger charge is -2.38. The first kappa shape index (κ1) is 29.8. The fraction of sp³-hybridized carbons (Fsp3) is 0.273. The number of ether oxygens (including phenoxy) is 1. The molecule has 44 heavy (non-hydrogen) atoms. The highest BCUT2D eigenvalue weighted by molar-refractivity contribution is 6.86. The predicted molar refractivity (Wildman–Crippen MR) is 169 cm³/mol. The summed E-state index contributed by atoms with van der Waals surface area (Å²) < 4.78 is 8.88. The summed E-state index contributed by atoms with van der Waals surface area (Å²) in [6.45, 7) is 5.71. The average molecular weight is 610 g/mol. The Morgan fingerprint density at radius 2 is 1.59 bits per heavy atom. The lowest BCUT2D eigenvalue weighted by molar-refractivity contribution is -0.359. The fourth-order valence-electron chi connectivity index (χ4n) is 5.70. The summed E-state index contributed by atoms with van der Waals surface area (Å²) in [4.78, 5) is 37.8. The summed E-state index contributed by atoms with van der Waals surface area (Å²) >= 11 is 0. The van der Waals surface area contributed by atoms with Crippen LogP contribution in [0.2, 0.25) is 0 Å². The number of aliphatic hydroxyl groups is 1. The zero-order valence-corrected chi connectivity index (χ0v) is 26.0. The maximum atomic E-state index is 13.0. The van der Waals surface area contributed by atoms with E-state index in [-0.39, 0.29) is 24.8 Å². The highest BCUT2D eigenvalue weighted by atomic mass is 28.3. The van der Waals surface area contributed by atoms with Crippen molar-refractivity contribution < 1.29 is 24.4 Å². The molecule has 3 atom stereocenters. The van der Waals surface area contributed by atoms with Gasteiger partial charge in [-0.1, -0.05) is 89.2 Å². The second-order valence-corrected chi connectivity index (χ2v) is 14.9. The van der Waals surface area contributed by atoms with Gasteiger partial charge in [0.2, 0.25) is 0 Å². The molecule has 0 spiro atoms. The maximum absolute atomic E-state index is 13.0.